The van der Waals surface area contributed by atoms with Crippen molar-refractivity contribution in [1.29, 1.82) is 0 Å². The Labute approximate surface area is 167 Å². The average Bonchev–Trinajstić information content (AvgIpc) is 2.67. The van der Waals surface area contributed by atoms with Gasteiger partial charge < -0.3 is 25.2 Å². The number of esters is 1. The number of carbonyl (C=O) groups excluding carboxylic acids is 2. The molecule has 0 unspecified atom stereocenters. The Bertz CT molecular complexity index is 706. The maximum absolute atomic E-state index is 13.1. The van der Waals surface area contributed by atoms with E-state index in [0.717, 1.165) is 25.9 Å². The van der Waals surface area contributed by atoms with Gasteiger partial charge in [-0.2, -0.15) is 0 Å². The molecule has 0 aliphatic carbocycles. The van der Waals surface area contributed by atoms with Crippen LogP contribution in [0.15, 0.2) is 24.3 Å². The molecular weight excluding hydrogens is 387 g/mol. The first kappa shape index (κ1) is 24.0. The third kappa shape index (κ3) is 9.65. The summed E-state index contributed by atoms with van der Waals surface area (Å²) in [7, 11) is 0. The predicted octanol–water partition coefficient (Wildman–Crippen LogP) is 1.58. The van der Waals surface area contributed by atoms with Gasteiger partial charge in [-0.05, 0) is 51.1 Å². The van der Waals surface area contributed by atoms with Crippen molar-refractivity contribution in [3.63, 3.8) is 0 Å². The van der Waals surface area contributed by atoms with Gasteiger partial charge in [-0.3, -0.25) is 9.59 Å². The maximum Gasteiger partial charge on any atom is 0.414 e. The molecular formula is C19H25FN2O7. The van der Waals surface area contributed by atoms with Gasteiger partial charge in [0.1, 0.15) is 5.82 Å². The molecule has 29 heavy (non-hydrogen) atoms. The van der Waals surface area contributed by atoms with Crippen molar-refractivity contribution in [3.05, 3.63) is 30.1 Å². The lowest BCUT2D eigenvalue weighted by atomic mass is 9.97. The molecule has 2 rings (SSSR count). The van der Waals surface area contributed by atoms with Gasteiger partial charge >= 0.3 is 17.9 Å². The molecule has 1 fully saturated rings. The van der Waals surface area contributed by atoms with Crippen molar-refractivity contribution in [2.24, 2.45) is 5.92 Å². The number of hydrogen-bond donors (Lipinski definition) is 3. The van der Waals surface area contributed by atoms with Crippen LogP contribution >= 0.6 is 0 Å². The van der Waals surface area contributed by atoms with Crippen molar-refractivity contribution < 1.29 is 38.5 Å². The van der Waals surface area contributed by atoms with Crippen molar-refractivity contribution >= 4 is 29.5 Å². The number of nitrogens with zero attached hydrogens (tertiary/aromatic N) is 1. The summed E-state index contributed by atoms with van der Waals surface area (Å²) in [5, 5.41) is 17.5. The fraction of sp³-hybridized carbons (Fsp3) is 0.474. The smallest absolute Gasteiger partial charge is 0.414 e. The molecule has 0 atom stereocenters. The second-order valence-corrected chi connectivity index (χ2v) is 6.29. The van der Waals surface area contributed by atoms with Crippen LogP contribution < -0.4 is 5.32 Å². The standard InChI is InChI=1S/C17H23FN2O3.C2H2O4/c1-2-23-17(22)13-6-9-20(10-7-13)11-8-16(21)19-15-5-3-4-14(18)12-15;3-1(4)2(5)6/h3-5,12-13H,2,6-11H2,1H3,(H,19,21);(H,3,4)(H,5,6). The molecule has 0 aromatic heterocycles. The third-order valence-electron chi connectivity index (χ3n) is 4.15. The number of hydrogen-bond acceptors (Lipinski definition) is 6. The van der Waals surface area contributed by atoms with Crippen LogP contribution in [0, 0.1) is 11.7 Å². The van der Waals surface area contributed by atoms with Gasteiger partial charge in [-0.15, -0.1) is 0 Å². The van der Waals surface area contributed by atoms with Gasteiger partial charge in [0.25, 0.3) is 0 Å². The van der Waals surface area contributed by atoms with E-state index in [0.29, 0.717) is 25.3 Å². The topological polar surface area (TPSA) is 133 Å². The fourth-order valence-electron chi connectivity index (χ4n) is 2.70. The number of carbonyl (C=O) groups is 4. The first-order valence-electron chi connectivity index (χ1n) is 9.13. The van der Waals surface area contributed by atoms with Crippen molar-refractivity contribution in [1.82, 2.24) is 4.90 Å². The number of piperidine rings is 1. The number of likely N-dealkylation sites (tertiary alicyclic amines) is 1. The lowest BCUT2D eigenvalue weighted by Gasteiger charge is -2.30. The number of benzene rings is 1. The summed E-state index contributed by atoms with van der Waals surface area (Å²) < 4.78 is 18.1. The molecule has 1 amide bonds. The highest BCUT2D eigenvalue weighted by molar-refractivity contribution is 6.27. The molecule has 1 saturated heterocycles. The van der Waals surface area contributed by atoms with E-state index in [1.807, 2.05) is 6.92 Å². The van der Waals surface area contributed by atoms with Crippen LogP contribution in [0.1, 0.15) is 26.2 Å². The van der Waals surface area contributed by atoms with Crippen molar-refractivity contribution in [2.75, 3.05) is 31.6 Å². The number of aliphatic carboxylic acids is 2. The fourth-order valence-corrected chi connectivity index (χ4v) is 2.70. The van der Waals surface area contributed by atoms with Gasteiger partial charge in [0.2, 0.25) is 5.91 Å². The van der Waals surface area contributed by atoms with Crippen LogP contribution in [-0.2, 0) is 23.9 Å². The normalized spacial score (nSPS) is 14.3. The second kappa shape index (κ2) is 12.4. The van der Waals surface area contributed by atoms with Gasteiger partial charge in [0.05, 0.1) is 12.5 Å². The van der Waals surface area contributed by atoms with Crippen LogP contribution in [0.5, 0.6) is 0 Å². The number of carboxylic acid groups (broad SMARTS) is 2. The number of nitrogens with one attached hydrogen (secondary N) is 1. The molecule has 0 radical (unpaired) electrons. The monoisotopic (exact) mass is 412 g/mol. The summed E-state index contributed by atoms with van der Waals surface area (Å²) >= 11 is 0. The molecule has 1 aliphatic heterocycles. The Morgan fingerprint density at radius 2 is 1.79 bits per heavy atom. The Balaban J connectivity index is 0.000000612. The molecule has 3 N–H and O–H groups in total. The van der Waals surface area contributed by atoms with Crippen molar-refractivity contribution in [2.45, 2.75) is 26.2 Å². The minimum Gasteiger partial charge on any atom is -0.473 e. The van der Waals surface area contributed by atoms with E-state index in [-0.39, 0.29) is 23.6 Å². The van der Waals surface area contributed by atoms with E-state index in [1.54, 1.807) is 12.1 Å². The summed E-state index contributed by atoms with van der Waals surface area (Å²) in [4.78, 5) is 43.9. The largest absolute Gasteiger partial charge is 0.473 e. The summed E-state index contributed by atoms with van der Waals surface area (Å²) in [5.41, 5.74) is 0.469. The molecule has 1 aromatic carbocycles. The van der Waals surface area contributed by atoms with Crippen LogP contribution in [0.25, 0.3) is 0 Å². The third-order valence-corrected chi connectivity index (χ3v) is 4.15. The minimum absolute atomic E-state index is 0.0210. The molecule has 160 valence electrons. The number of halogens is 1. The van der Waals surface area contributed by atoms with Crippen LogP contribution in [-0.4, -0.2) is 65.2 Å². The highest BCUT2D eigenvalue weighted by Gasteiger charge is 2.25. The Morgan fingerprint density at radius 3 is 2.31 bits per heavy atom. The van der Waals surface area contributed by atoms with E-state index in [2.05, 4.69) is 10.2 Å². The van der Waals surface area contributed by atoms with Gasteiger partial charge in [0.15, 0.2) is 0 Å². The molecule has 0 spiro atoms. The highest BCUT2D eigenvalue weighted by Crippen LogP contribution is 2.19. The van der Waals surface area contributed by atoms with Crippen LogP contribution in [0.3, 0.4) is 0 Å². The van der Waals surface area contributed by atoms with E-state index in [1.165, 1.54) is 12.1 Å². The summed E-state index contributed by atoms with van der Waals surface area (Å²) in [5.74, 6) is -4.29. The molecule has 10 heteroatoms. The lowest BCUT2D eigenvalue weighted by molar-refractivity contribution is -0.159. The first-order chi connectivity index (χ1) is 13.7. The minimum atomic E-state index is -1.82. The quantitative estimate of drug-likeness (QED) is 0.474. The summed E-state index contributed by atoms with van der Waals surface area (Å²) in [6.45, 7) is 4.44. The predicted molar refractivity (Wildman–Crippen MR) is 101 cm³/mol. The zero-order valence-corrected chi connectivity index (χ0v) is 16.1. The zero-order chi connectivity index (χ0) is 21.8. The number of rotatable bonds is 6. The number of ether oxygens (including phenoxy) is 1. The second-order valence-electron chi connectivity index (χ2n) is 6.29. The van der Waals surface area contributed by atoms with Crippen LogP contribution in [0.2, 0.25) is 0 Å². The van der Waals surface area contributed by atoms with E-state index >= 15 is 0 Å². The Morgan fingerprint density at radius 1 is 1.17 bits per heavy atom. The van der Waals surface area contributed by atoms with Gasteiger partial charge in [-0.25, -0.2) is 14.0 Å². The Hall–Kier alpha value is -3.01. The molecule has 1 aromatic rings. The van der Waals surface area contributed by atoms with Crippen molar-refractivity contribution in [3.8, 4) is 0 Å². The molecule has 1 heterocycles. The number of amides is 1. The summed E-state index contributed by atoms with van der Waals surface area (Å²) in [6.07, 6.45) is 1.88. The highest BCUT2D eigenvalue weighted by atomic mass is 19.1. The Kier molecular flexibility index (Phi) is 10.3. The SMILES string of the molecule is CCOC(=O)C1CCN(CCC(=O)Nc2cccc(F)c2)CC1.O=C(O)C(=O)O. The first-order valence-corrected chi connectivity index (χ1v) is 9.13. The average molecular weight is 412 g/mol. The van der Waals surface area contributed by atoms with E-state index < -0.39 is 11.9 Å². The molecule has 9 nitrogen and oxygen atoms in total. The lowest BCUT2D eigenvalue weighted by Crippen LogP contribution is -2.38. The number of carboxylic acids is 2. The van der Waals surface area contributed by atoms with E-state index in [9.17, 15) is 14.0 Å². The summed E-state index contributed by atoms with van der Waals surface area (Å²) in [6, 6.07) is 5.85. The van der Waals surface area contributed by atoms with E-state index in [4.69, 9.17) is 24.5 Å². The zero-order valence-electron chi connectivity index (χ0n) is 16.1. The number of anilines is 1. The molecule has 0 saturated carbocycles. The van der Waals surface area contributed by atoms with Gasteiger partial charge in [-0.1, -0.05) is 6.07 Å². The molecule has 0 bridgehead atoms. The molecule has 1 aliphatic rings. The van der Waals surface area contributed by atoms with Crippen LogP contribution in [0.4, 0.5) is 10.1 Å². The van der Waals surface area contributed by atoms with Gasteiger partial charge in [0, 0.05) is 18.7 Å². The maximum atomic E-state index is 13.1.